The van der Waals surface area contributed by atoms with Gasteiger partial charge in [0.1, 0.15) is 0 Å². The highest BCUT2D eigenvalue weighted by molar-refractivity contribution is 4.90. The average Bonchev–Trinajstić information content (AvgIpc) is 2.17. The fourth-order valence-corrected chi connectivity index (χ4v) is 2.30. The summed E-state index contributed by atoms with van der Waals surface area (Å²) in [6.45, 7) is 8.04. The van der Waals surface area contributed by atoms with Gasteiger partial charge < -0.3 is 10.0 Å². The maximum Gasteiger partial charge on any atom is 0.0696 e. The van der Waals surface area contributed by atoms with Crippen molar-refractivity contribution in [2.75, 3.05) is 32.7 Å². The number of piperazine rings is 1. The molecule has 0 bridgehead atoms. The van der Waals surface area contributed by atoms with E-state index in [0.29, 0.717) is 6.04 Å². The molecule has 1 N–H and O–H groups in total. The molecule has 3 heteroatoms. The first-order valence-electron chi connectivity index (χ1n) is 5.45. The molecular weight excluding hydrogens is 164 g/mol. The Kier molecular flexibility index (Phi) is 2.86. The van der Waals surface area contributed by atoms with E-state index in [9.17, 15) is 5.11 Å². The molecule has 76 valence electrons. The normalized spacial score (nSPS) is 37.4. The van der Waals surface area contributed by atoms with Crippen LogP contribution in [0.5, 0.6) is 0 Å². The smallest absolute Gasteiger partial charge is 0.0696 e. The van der Waals surface area contributed by atoms with E-state index in [1.54, 1.807) is 0 Å². The number of rotatable bonds is 2. The van der Waals surface area contributed by atoms with Crippen LogP contribution in [-0.2, 0) is 0 Å². The van der Waals surface area contributed by atoms with Gasteiger partial charge in [0.2, 0.25) is 0 Å². The molecule has 2 fully saturated rings. The third kappa shape index (κ3) is 1.87. The molecule has 0 unspecified atom stereocenters. The van der Waals surface area contributed by atoms with Crippen molar-refractivity contribution in [1.29, 1.82) is 0 Å². The number of hydrogen-bond acceptors (Lipinski definition) is 3. The predicted molar refractivity (Wildman–Crippen MR) is 52.7 cm³/mol. The van der Waals surface area contributed by atoms with Gasteiger partial charge in [0.25, 0.3) is 0 Å². The summed E-state index contributed by atoms with van der Waals surface area (Å²) in [6.07, 6.45) is 2.18. The molecule has 1 aliphatic carbocycles. The summed E-state index contributed by atoms with van der Waals surface area (Å²) >= 11 is 0. The summed E-state index contributed by atoms with van der Waals surface area (Å²) in [7, 11) is 0. The molecule has 0 amide bonds. The summed E-state index contributed by atoms with van der Waals surface area (Å²) in [5.41, 5.74) is 0. The van der Waals surface area contributed by atoms with E-state index in [-0.39, 0.29) is 6.10 Å². The standard InChI is InChI=1S/C10H20N2O/c1-2-11-5-7-12(8-6-11)9-3-4-10(9)13/h9-10,13H,2-8H2,1H3/t9-,10-/m1/s1. The van der Waals surface area contributed by atoms with Gasteiger partial charge in [0.15, 0.2) is 0 Å². The lowest BCUT2D eigenvalue weighted by Gasteiger charge is -2.45. The Balaban J connectivity index is 1.77. The molecule has 2 rings (SSSR count). The SMILES string of the molecule is CCN1CCN([C@@H]2CC[C@H]2O)CC1. The molecule has 1 saturated carbocycles. The van der Waals surface area contributed by atoms with E-state index in [1.807, 2.05) is 0 Å². The minimum Gasteiger partial charge on any atom is -0.391 e. The Bertz CT molecular complexity index is 166. The monoisotopic (exact) mass is 184 g/mol. The lowest BCUT2D eigenvalue weighted by Crippen LogP contribution is -2.57. The number of aliphatic hydroxyl groups excluding tert-OH is 1. The Labute approximate surface area is 80.3 Å². The molecule has 3 nitrogen and oxygen atoms in total. The maximum atomic E-state index is 9.53. The van der Waals surface area contributed by atoms with E-state index in [2.05, 4.69) is 16.7 Å². The van der Waals surface area contributed by atoms with Crippen molar-refractivity contribution in [3.63, 3.8) is 0 Å². The van der Waals surface area contributed by atoms with Crippen molar-refractivity contribution in [3.05, 3.63) is 0 Å². The van der Waals surface area contributed by atoms with E-state index in [0.717, 1.165) is 19.5 Å². The summed E-state index contributed by atoms with van der Waals surface area (Å²) in [5, 5.41) is 9.53. The number of nitrogens with zero attached hydrogens (tertiary/aromatic N) is 2. The lowest BCUT2D eigenvalue weighted by molar-refractivity contribution is -0.0383. The fourth-order valence-electron chi connectivity index (χ4n) is 2.30. The average molecular weight is 184 g/mol. The quantitative estimate of drug-likeness (QED) is 0.661. The molecule has 0 radical (unpaired) electrons. The highest BCUT2D eigenvalue weighted by Crippen LogP contribution is 2.26. The van der Waals surface area contributed by atoms with Crippen LogP contribution < -0.4 is 0 Å². The number of likely N-dealkylation sites (N-methyl/N-ethyl adjacent to an activating group) is 1. The topological polar surface area (TPSA) is 26.7 Å². The zero-order valence-electron chi connectivity index (χ0n) is 8.45. The Morgan fingerprint density at radius 3 is 2.23 bits per heavy atom. The van der Waals surface area contributed by atoms with E-state index < -0.39 is 0 Å². The second-order valence-corrected chi connectivity index (χ2v) is 4.18. The van der Waals surface area contributed by atoms with Crippen molar-refractivity contribution in [3.8, 4) is 0 Å². The molecule has 1 aliphatic heterocycles. The van der Waals surface area contributed by atoms with Crippen molar-refractivity contribution in [1.82, 2.24) is 9.80 Å². The van der Waals surface area contributed by atoms with E-state index >= 15 is 0 Å². The molecule has 13 heavy (non-hydrogen) atoms. The van der Waals surface area contributed by atoms with Gasteiger partial charge in [-0.25, -0.2) is 0 Å². The Hall–Kier alpha value is -0.120. The highest BCUT2D eigenvalue weighted by atomic mass is 16.3. The third-order valence-corrected chi connectivity index (χ3v) is 3.53. The Morgan fingerprint density at radius 1 is 1.15 bits per heavy atom. The lowest BCUT2D eigenvalue weighted by atomic mass is 9.87. The van der Waals surface area contributed by atoms with Gasteiger partial charge in [-0.3, -0.25) is 4.90 Å². The van der Waals surface area contributed by atoms with Crippen LogP contribution in [0, 0.1) is 0 Å². The van der Waals surface area contributed by atoms with Crippen LogP contribution in [-0.4, -0.2) is 59.8 Å². The molecule has 0 aromatic rings. The first-order valence-corrected chi connectivity index (χ1v) is 5.45. The van der Waals surface area contributed by atoms with E-state index in [1.165, 1.54) is 26.1 Å². The zero-order chi connectivity index (χ0) is 9.26. The van der Waals surface area contributed by atoms with Crippen LogP contribution in [0.1, 0.15) is 19.8 Å². The first-order chi connectivity index (χ1) is 6.31. The molecule has 2 atom stereocenters. The first kappa shape index (κ1) is 9.44. The van der Waals surface area contributed by atoms with Gasteiger partial charge in [-0.1, -0.05) is 6.92 Å². The molecule has 0 aromatic carbocycles. The van der Waals surface area contributed by atoms with Gasteiger partial charge in [-0.05, 0) is 19.4 Å². The summed E-state index contributed by atoms with van der Waals surface area (Å²) in [4.78, 5) is 4.93. The van der Waals surface area contributed by atoms with Crippen molar-refractivity contribution < 1.29 is 5.11 Å². The largest absolute Gasteiger partial charge is 0.391 e. The van der Waals surface area contributed by atoms with Crippen LogP contribution in [0.25, 0.3) is 0 Å². The van der Waals surface area contributed by atoms with Crippen molar-refractivity contribution >= 4 is 0 Å². The molecule has 0 spiro atoms. The molecule has 1 heterocycles. The number of aliphatic hydroxyl groups is 1. The van der Waals surface area contributed by atoms with Gasteiger partial charge in [0, 0.05) is 32.2 Å². The predicted octanol–water partition coefficient (Wildman–Crippen LogP) is 0.147. The highest BCUT2D eigenvalue weighted by Gasteiger charge is 2.35. The molecule has 0 aromatic heterocycles. The second-order valence-electron chi connectivity index (χ2n) is 4.18. The van der Waals surface area contributed by atoms with Crippen molar-refractivity contribution in [2.45, 2.75) is 31.9 Å². The van der Waals surface area contributed by atoms with Crippen LogP contribution in [0.15, 0.2) is 0 Å². The van der Waals surface area contributed by atoms with Gasteiger partial charge in [0.05, 0.1) is 6.10 Å². The molecular formula is C10H20N2O. The number of hydrogen-bond donors (Lipinski definition) is 1. The minimum atomic E-state index is -0.0341. The third-order valence-electron chi connectivity index (χ3n) is 3.53. The van der Waals surface area contributed by atoms with Crippen LogP contribution in [0.4, 0.5) is 0 Å². The summed E-state index contributed by atoms with van der Waals surface area (Å²) in [6, 6.07) is 0.485. The van der Waals surface area contributed by atoms with Crippen molar-refractivity contribution in [2.24, 2.45) is 0 Å². The van der Waals surface area contributed by atoms with Crippen LogP contribution in [0.3, 0.4) is 0 Å². The van der Waals surface area contributed by atoms with Gasteiger partial charge >= 0.3 is 0 Å². The van der Waals surface area contributed by atoms with Gasteiger partial charge in [-0.2, -0.15) is 0 Å². The van der Waals surface area contributed by atoms with Crippen LogP contribution in [0.2, 0.25) is 0 Å². The van der Waals surface area contributed by atoms with Gasteiger partial charge in [-0.15, -0.1) is 0 Å². The molecule has 2 aliphatic rings. The summed E-state index contributed by atoms with van der Waals surface area (Å²) < 4.78 is 0. The maximum absolute atomic E-state index is 9.53. The van der Waals surface area contributed by atoms with E-state index in [4.69, 9.17) is 0 Å². The second kappa shape index (κ2) is 3.95. The summed E-state index contributed by atoms with van der Waals surface area (Å²) in [5.74, 6) is 0. The zero-order valence-corrected chi connectivity index (χ0v) is 8.45. The minimum absolute atomic E-state index is 0.0341. The Morgan fingerprint density at radius 2 is 1.85 bits per heavy atom. The van der Waals surface area contributed by atoms with Crippen LogP contribution >= 0.6 is 0 Å². The fraction of sp³-hybridized carbons (Fsp3) is 1.00. The molecule has 1 saturated heterocycles.